The van der Waals surface area contributed by atoms with Crippen molar-refractivity contribution in [2.45, 2.75) is 56.8 Å². The fourth-order valence-corrected chi connectivity index (χ4v) is 6.18. The van der Waals surface area contributed by atoms with Crippen LogP contribution in [0.1, 0.15) is 65.6 Å². The first kappa shape index (κ1) is 31.4. The van der Waals surface area contributed by atoms with Crippen molar-refractivity contribution in [3.63, 3.8) is 0 Å². The SMILES string of the molecule is COc1ccc(OCc2ccc(C(F)(F)F)cc2)c(C2=CSC(Nc3ccc(C(=O)O)cc3OCCC3CCCCC3)N2)c1. The van der Waals surface area contributed by atoms with Crippen LogP contribution in [0.25, 0.3) is 5.70 Å². The Balaban J connectivity index is 1.25. The van der Waals surface area contributed by atoms with Crippen LogP contribution in [0.15, 0.2) is 66.1 Å². The number of anilines is 1. The van der Waals surface area contributed by atoms with Gasteiger partial charge in [0.2, 0.25) is 0 Å². The Morgan fingerprint density at radius 2 is 1.77 bits per heavy atom. The first-order chi connectivity index (χ1) is 21.2. The zero-order valence-corrected chi connectivity index (χ0v) is 25.1. The van der Waals surface area contributed by atoms with E-state index < -0.39 is 17.7 Å². The van der Waals surface area contributed by atoms with E-state index in [1.807, 2.05) is 11.5 Å². The van der Waals surface area contributed by atoms with Crippen molar-refractivity contribution in [3.8, 4) is 17.2 Å². The highest BCUT2D eigenvalue weighted by Gasteiger charge is 2.30. The number of methoxy groups -OCH3 is 1. The van der Waals surface area contributed by atoms with Crippen LogP contribution in [-0.2, 0) is 12.8 Å². The molecule has 1 atom stereocenters. The standard InChI is InChI=1S/C33H35F3N2O5S/c1-41-25-12-14-29(43-19-22-7-10-24(11-8-22)33(34,35)36)26(18-25)28-20-44-32(38-28)37-27-13-9-23(31(39)40)17-30(27)42-16-15-21-5-3-2-4-6-21/h7-14,17-18,20-21,32,37-38H,2-6,15-16,19H2,1H3,(H,39,40). The van der Waals surface area contributed by atoms with Crippen molar-refractivity contribution in [1.29, 1.82) is 0 Å². The minimum Gasteiger partial charge on any atom is -0.497 e. The number of halogens is 3. The lowest BCUT2D eigenvalue weighted by Crippen LogP contribution is -2.28. The normalized spacial score (nSPS) is 17.0. The highest BCUT2D eigenvalue weighted by Crippen LogP contribution is 2.37. The molecule has 3 aromatic rings. The Hall–Kier alpha value is -3.99. The number of aromatic carboxylic acids is 1. The Kier molecular flexibility index (Phi) is 10.1. The van der Waals surface area contributed by atoms with E-state index in [-0.39, 0.29) is 17.7 Å². The van der Waals surface area contributed by atoms with E-state index in [0.29, 0.717) is 41.0 Å². The number of carbonyl (C=O) groups is 1. The van der Waals surface area contributed by atoms with E-state index >= 15 is 0 Å². The monoisotopic (exact) mass is 628 g/mol. The summed E-state index contributed by atoms with van der Waals surface area (Å²) < 4.78 is 56.4. The number of thioether (sulfide) groups is 1. The van der Waals surface area contributed by atoms with Gasteiger partial charge in [-0.3, -0.25) is 0 Å². The van der Waals surface area contributed by atoms with Crippen LogP contribution in [-0.4, -0.2) is 30.3 Å². The molecule has 1 fully saturated rings. The van der Waals surface area contributed by atoms with Gasteiger partial charge in [0.15, 0.2) is 0 Å². The van der Waals surface area contributed by atoms with Gasteiger partial charge in [0.25, 0.3) is 0 Å². The third-order valence-corrected chi connectivity index (χ3v) is 8.66. The number of hydrogen-bond donors (Lipinski definition) is 3. The summed E-state index contributed by atoms with van der Waals surface area (Å²) in [5.41, 5.74) is 1.90. The van der Waals surface area contributed by atoms with Crippen molar-refractivity contribution in [1.82, 2.24) is 5.32 Å². The maximum absolute atomic E-state index is 12.9. The second-order valence-corrected chi connectivity index (χ2v) is 11.8. The molecular weight excluding hydrogens is 593 g/mol. The topological polar surface area (TPSA) is 89.1 Å². The summed E-state index contributed by atoms with van der Waals surface area (Å²) in [4.78, 5) is 11.6. The van der Waals surface area contributed by atoms with Gasteiger partial charge in [-0.1, -0.05) is 56.0 Å². The fraction of sp³-hybridized carbons (Fsp3) is 0.364. The van der Waals surface area contributed by atoms with Crippen molar-refractivity contribution in [3.05, 3.63) is 88.3 Å². The molecule has 2 aliphatic rings. The predicted molar refractivity (Wildman–Crippen MR) is 165 cm³/mol. The van der Waals surface area contributed by atoms with E-state index in [1.54, 1.807) is 37.4 Å². The Labute approximate surface area is 258 Å². The zero-order chi connectivity index (χ0) is 31.1. The van der Waals surface area contributed by atoms with E-state index in [1.165, 1.54) is 56.0 Å². The van der Waals surface area contributed by atoms with Gasteiger partial charge in [-0.15, -0.1) is 0 Å². The summed E-state index contributed by atoms with van der Waals surface area (Å²) in [7, 11) is 1.56. The van der Waals surface area contributed by atoms with Gasteiger partial charge < -0.3 is 30.0 Å². The van der Waals surface area contributed by atoms with Crippen LogP contribution in [0.2, 0.25) is 0 Å². The lowest BCUT2D eigenvalue weighted by Gasteiger charge is -2.23. The van der Waals surface area contributed by atoms with Gasteiger partial charge in [0.05, 0.1) is 36.2 Å². The van der Waals surface area contributed by atoms with E-state index in [0.717, 1.165) is 29.8 Å². The van der Waals surface area contributed by atoms with E-state index in [9.17, 15) is 23.1 Å². The molecular formula is C33H35F3N2O5S. The van der Waals surface area contributed by atoms with Gasteiger partial charge in [-0.05, 0) is 71.8 Å². The summed E-state index contributed by atoms with van der Waals surface area (Å²) in [6.45, 7) is 0.595. The lowest BCUT2D eigenvalue weighted by atomic mass is 9.87. The lowest BCUT2D eigenvalue weighted by molar-refractivity contribution is -0.137. The molecule has 0 saturated heterocycles. The maximum Gasteiger partial charge on any atom is 0.416 e. The van der Waals surface area contributed by atoms with Crippen molar-refractivity contribution < 1.29 is 37.3 Å². The van der Waals surface area contributed by atoms with Gasteiger partial charge in [-0.25, -0.2) is 4.79 Å². The summed E-state index contributed by atoms with van der Waals surface area (Å²) in [6, 6.07) is 15.0. The number of hydrogen-bond acceptors (Lipinski definition) is 7. The maximum atomic E-state index is 12.9. The van der Waals surface area contributed by atoms with Gasteiger partial charge in [0.1, 0.15) is 29.4 Å². The van der Waals surface area contributed by atoms with E-state index in [4.69, 9.17) is 14.2 Å². The minimum absolute atomic E-state index is 0.0804. The molecule has 0 aromatic heterocycles. The van der Waals surface area contributed by atoms with Crippen LogP contribution in [0.5, 0.6) is 17.2 Å². The highest BCUT2D eigenvalue weighted by atomic mass is 32.2. The van der Waals surface area contributed by atoms with Gasteiger partial charge in [0, 0.05) is 5.56 Å². The molecule has 3 aromatic carbocycles. The molecule has 0 bridgehead atoms. The average molecular weight is 629 g/mol. The fourth-order valence-electron chi connectivity index (χ4n) is 5.33. The Morgan fingerprint density at radius 3 is 2.48 bits per heavy atom. The molecule has 44 heavy (non-hydrogen) atoms. The predicted octanol–water partition coefficient (Wildman–Crippen LogP) is 8.37. The van der Waals surface area contributed by atoms with Crippen molar-refractivity contribution in [2.24, 2.45) is 5.92 Å². The summed E-state index contributed by atoms with van der Waals surface area (Å²) in [5, 5.41) is 18.3. The molecule has 1 saturated carbocycles. The number of alkyl halides is 3. The van der Waals surface area contributed by atoms with Crippen LogP contribution in [0.4, 0.5) is 18.9 Å². The molecule has 1 unspecified atom stereocenters. The second kappa shape index (κ2) is 14.2. The molecule has 1 heterocycles. The average Bonchev–Trinajstić information content (AvgIpc) is 3.49. The largest absolute Gasteiger partial charge is 0.497 e. The number of carboxylic acids is 1. The first-order valence-corrected chi connectivity index (χ1v) is 15.5. The number of benzene rings is 3. The number of nitrogens with one attached hydrogen (secondary N) is 2. The van der Waals surface area contributed by atoms with Gasteiger partial charge >= 0.3 is 12.1 Å². The second-order valence-electron chi connectivity index (χ2n) is 10.8. The van der Waals surface area contributed by atoms with Crippen LogP contribution in [0.3, 0.4) is 0 Å². The summed E-state index contributed by atoms with van der Waals surface area (Å²) in [5.74, 6) is 1.25. The molecule has 1 aliphatic carbocycles. The van der Waals surface area contributed by atoms with Crippen LogP contribution >= 0.6 is 11.8 Å². The third kappa shape index (κ3) is 8.13. The summed E-state index contributed by atoms with van der Waals surface area (Å²) >= 11 is 1.49. The molecule has 5 rings (SSSR count). The molecule has 1 aliphatic heterocycles. The first-order valence-electron chi connectivity index (χ1n) is 14.6. The molecule has 3 N–H and O–H groups in total. The molecule has 7 nitrogen and oxygen atoms in total. The van der Waals surface area contributed by atoms with Crippen LogP contribution in [0, 0.1) is 5.92 Å². The third-order valence-electron chi connectivity index (χ3n) is 7.78. The van der Waals surface area contributed by atoms with Crippen molar-refractivity contribution in [2.75, 3.05) is 19.0 Å². The minimum atomic E-state index is -4.40. The number of carboxylic acid groups (broad SMARTS) is 1. The molecule has 11 heteroatoms. The molecule has 234 valence electrons. The Bertz CT molecular complexity index is 1470. The zero-order valence-electron chi connectivity index (χ0n) is 24.3. The molecule has 0 spiro atoms. The summed E-state index contributed by atoms with van der Waals surface area (Å²) in [6.07, 6.45) is 2.75. The quantitative estimate of drug-likeness (QED) is 0.184. The smallest absolute Gasteiger partial charge is 0.416 e. The molecule has 0 radical (unpaired) electrons. The number of ether oxygens (including phenoxy) is 3. The van der Waals surface area contributed by atoms with Gasteiger partial charge in [-0.2, -0.15) is 13.2 Å². The van der Waals surface area contributed by atoms with Crippen molar-refractivity contribution >= 4 is 29.1 Å². The highest BCUT2D eigenvalue weighted by molar-refractivity contribution is 8.03. The number of rotatable bonds is 12. The van der Waals surface area contributed by atoms with E-state index in [2.05, 4.69) is 10.6 Å². The Morgan fingerprint density at radius 1 is 1.00 bits per heavy atom. The molecule has 0 amide bonds. The van der Waals surface area contributed by atoms with Crippen LogP contribution < -0.4 is 24.8 Å².